The lowest BCUT2D eigenvalue weighted by atomic mass is 9.93. The number of hydrogen-bond acceptors (Lipinski definition) is 1. The van der Waals surface area contributed by atoms with Gasteiger partial charge in [0.05, 0.1) is 0 Å². The second kappa shape index (κ2) is 3.56. The van der Waals surface area contributed by atoms with Gasteiger partial charge in [-0.25, -0.2) is 0 Å². The average molecular weight is 210 g/mol. The van der Waals surface area contributed by atoms with Gasteiger partial charge >= 0.3 is 0 Å². The van der Waals surface area contributed by atoms with Crippen LogP contribution in [0.1, 0.15) is 42.0 Å². The Kier molecular flexibility index (Phi) is 2.54. The van der Waals surface area contributed by atoms with E-state index >= 15 is 0 Å². The molecule has 1 heterocycles. The molecule has 1 N–H and O–H groups in total. The quantitative estimate of drug-likeness (QED) is 0.748. The zero-order valence-corrected chi connectivity index (χ0v) is 9.70. The summed E-state index contributed by atoms with van der Waals surface area (Å²) in [6.07, 6.45) is 0. The molecule has 0 amide bonds. The number of nitrogens with one attached hydrogen (secondary N) is 1. The highest BCUT2D eigenvalue weighted by Crippen LogP contribution is 2.34. The summed E-state index contributed by atoms with van der Waals surface area (Å²) in [5.41, 5.74) is 5.32. The van der Waals surface area contributed by atoms with Gasteiger partial charge in [-0.3, -0.25) is 0 Å². The van der Waals surface area contributed by atoms with Gasteiger partial charge in [-0.05, 0) is 35.1 Å². The van der Waals surface area contributed by atoms with Gasteiger partial charge in [-0.15, -0.1) is 0 Å². The van der Waals surface area contributed by atoms with Crippen molar-refractivity contribution in [3.63, 3.8) is 0 Å². The zero-order valence-electron chi connectivity index (χ0n) is 8.95. The average Bonchev–Trinajstić information content (AvgIpc) is 2.50. The van der Waals surface area contributed by atoms with E-state index in [4.69, 9.17) is 11.6 Å². The lowest BCUT2D eigenvalue weighted by molar-refractivity contribution is 0.764. The van der Waals surface area contributed by atoms with E-state index in [0.717, 1.165) is 18.1 Å². The van der Waals surface area contributed by atoms with Crippen molar-refractivity contribution in [2.45, 2.75) is 39.8 Å². The number of rotatable bonds is 1. The molecule has 2 rings (SSSR count). The smallest absolute Gasteiger partial charge is 0.0491 e. The van der Waals surface area contributed by atoms with Crippen molar-refractivity contribution in [1.29, 1.82) is 0 Å². The minimum atomic E-state index is 0.508. The van der Waals surface area contributed by atoms with Crippen LogP contribution in [-0.2, 0) is 13.1 Å². The van der Waals surface area contributed by atoms with E-state index in [0.29, 0.717) is 5.92 Å². The minimum absolute atomic E-state index is 0.508. The third-order valence-electron chi connectivity index (χ3n) is 2.90. The molecule has 1 aromatic carbocycles. The second-order valence-electron chi connectivity index (χ2n) is 4.32. The predicted octanol–water partition coefficient (Wildman–Crippen LogP) is 3.38. The molecule has 14 heavy (non-hydrogen) atoms. The summed E-state index contributed by atoms with van der Waals surface area (Å²) < 4.78 is 0. The van der Waals surface area contributed by atoms with Crippen LogP contribution in [0.5, 0.6) is 0 Å². The van der Waals surface area contributed by atoms with E-state index in [9.17, 15) is 0 Å². The number of benzene rings is 1. The maximum Gasteiger partial charge on any atom is 0.0491 e. The predicted molar refractivity (Wildman–Crippen MR) is 60.8 cm³/mol. The van der Waals surface area contributed by atoms with E-state index in [1.165, 1.54) is 22.3 Å². The minimum Gasteiger partial charge on any atom is -0.309 e. The maximum atomic E-state index is 6.41. The number of halogens is 1. The molecule has 0 aliphatic carbocycles. The molecule has 1 nitrogen and oxygen atoms in total. The van der Waals surface area contributed by atoms with Crippen molar-refractivity contribution >= 4 is 11.6 Å². The Morgan fingerprint density at radius 1 is 1.36 bits per heavy atom. The third-order valence-corrected chi connectivity index (χ3v) is 3.33. The lowest BCUT2D eigenvalue weighted by Crippen LogP contribution is -2.00. The summed E-state index contributed by atoms with van der Waals surface area (Å²) in [6, 6.07) is 2.27. The summed E-state index contributed by atoms with van der Waals surface area (Å²) >= 11 is 6.41. The van der Waals surface area contributed by atoms with Crippen LogP contribution >= 0.6 is 11.6 Å². The first-order valence-corrected chi connectivity index (χ1v) is 5.50. The number of hydrogen-bond donors (Lipinski definition) is 1. The molecule has 0 spiro atoms. The van der Waals surface area contributed by atoms with E-state index in [-0.39, 0.29) is 0 Å². The summed E-state index contributed by atoms with van der Waals surface area (Å²) in [7, 11) is 0. The molecule has 2 heteroatoms. The highest BCUT2D eigenvalue weighted by molar-refractivity contribution is 6.32. The SMILES string of the molecule is Cc1cc2c(c(Cl)c1C(C)C)CNC2. The van der Waals surface area contributed by atoms with Crippen LogP contribution < -0.4 is 5.32 Å². The Morgan fingerprint density at radius 2 is 2.07 bits per heavy atom. The molecule has 0 saturated heterocycles. The van der Waals surface area contributed by atoms with E-state index < -0.39 is 0 Å². The van der Waals surface area contributed by atoms with Crippen LogP contribution in [0.4, 0.5) is 0 Å². The van der Waals surface area contributed by atoms with Crippen LogP contribution in [0, 0.1) is 6.92 Å². The van der Waals surface area contributed by atoms with Gasteiger partial charge in [-0.2, -0.15) is 0 Å². The monoisotopic (exact) mass is 209 g/mol. The Bertz CT molecular complexity index is 369. The molecule has 76 valence electrons. The molecule has 0 atom stereocenters. The molecule has 0 saturated carbocycles. The van der Waals surface area contributed by atoms with Crippen LogP contribution in [0.2, 0.25) is 5.02 Å². The fourth-order valence-electron chi connectivity index (χ4n) is 2.28. The van der Waals surface area contributed by atoms with Crippen LogP contribution in [0.25, 0.3) is 0 Å². The van der Waals surface area contributed by atoms with Gasteiger partial charge < -0.3 is 5.32 Å². The Morgan fingerprint density at radius 3 is 2.71 bits per heavy atom. The standard InChI is InChI=1S/C12H16ClN/c1-7(2)11-8(3)4-9-5-14-6-10(9)12(11)13/h4,7,14H,5-6H2,1-3H3. The van der Waals surface area contributed by atoms with Gasteiger partial charge in [-0.1, -0.05) is 31.5 Å². The van der Waals surface area contributed by atoms with Crippen molar-refractivity contribution in [2.24, 2.45) is 0 Å². The normalized spacial score (nSPS) is 14.9. The van der Waals surface area contributed by atoms with Gasteiger partial charge in [0.15, 0.2) is 0 Å². The zero-order chi connectivity index (χ0) is 10.3. The maximum absolute atomic E-state index is 6.41. The van der Waals surface area contributed by atoms with Crippen molar-refractivity contribution in [2.75, 3.05) is 0 Å². The van der Waals surface area contributed by atoms with Gasteiger partial charge in [0.1, 0.15) is 0 Å². The van der Waals surface area contributed by atoms with E-state index in [2.05, 4.69) is 32.2 Å². The van der Waals surface area contributed by atoms with Gasteiger partial charge in [0.25, 0.3) is 0 Å². The number of aryl methyl sites for hydroxylation is 1. The largest absolute Gasteiger partial charge is 0.309 e. The Labute approximate surface area is 90.5 Å². The molecule has 1 aliphatic heterocycles. The number of fused-ring (bicyclic) bond motifs is 1. The third kappa shape index (κ3) is 1.45. The molecule has 0 fully saturated rings. The highest BCUT2D eigenvalue weighted by Gasteiger charge is 2.19. The molecule has 0 aromatic heterocycles. The van der Waals surface area contributed by atoms with Crippen molar-refractivity contribution < 1.29 is 0 Å². The first-order chi connectivity index (χ1) is 6.61. The molecular formula is C12H16ClN. The first-order valence-electron chi connectivity index (χ1n) is 5.12. The molecule has 0 unspecified atom stereocenters. The van der Waals surface area contributed by atoms with E-state index in [1.54, 1.807) is 0 Å². The summed E-state index contributed by atoms with van der Waals surface area (Å²) in [6.45, 7) is 8.44. The van der Waals surface area contributed by atoms with Crippen molar-refractivity contribution in [3.05, 3.63) is 33.3 Å². The fraction of sp³-hybridized carbons (Fsp3) is 0.500. The van der Waals surface area contributed by atoms with Gasteiger partial charge in [0, 0.05) is 18.1 Å². The van der Waals surface area contributed by atoms with Gasteiger partial charge in [0.2, 0.25) is 0 Å². The lowest BCUT2D eigenvalue weighted by Gasteiger charge is -2.15. The van der Waals surface area contributed by atoms with Crippen LogP contribution in [0.3, 0.4) is 0 Å². The van der Waals surface area contributed by atoms with Crippen molar-refractivity contribution in [3.8, 4) is 0 Å². The topological polar surface area (TPSA) is 12.0 Å². The molecule has 1 aromatic rings. The molecule has 0 bridgehead atoms. The second-order valence-corrected chi connectivity index (χ2v) is 4.70. The van der Waals surface area contributed by atoms with Crippen LogP contribution in [0.15, 0.2) is 6.07 Å². The molecular weight excluding hydrogens is 194 g/mol. The Hall–Kier alpha value is -0.530. The van der Waals surface area contributed by atoms with E-state index in [1.807, 2.05) is 0 Å². The summed E-state index contributed by atoms with van der Waals surface area (Å²) in [5, 5.41) is 4.32. The molecule has 0 radical (unpaired) electrons. The van der Waals surface area contributed by atoms with Crippen LogP contribution in [-0.4, -0.2) is 0 Å². The van der Waals surface area contributed by atoms with Crippen molar-refractivity contribution in [1.82, 2.24) is 5.32 Å². The molecule has 1 aliphatic rings. The first kappa shape index (κ1) is 10.0. The summed E-state index contributed by atoms with van der Waals surface area (Å²) in [4.78, 5) is 0. The highest BCUT2D eigenvalue weighted by atomic mass is 35.5. The fourth-order valence-corrected chi connectivity index (χ4v) is 2.84. The Balaban J connectivity index is 2.62. The summed E-state index contributed by atoms with van der Waals surface area (Å²) in [5.74, 6) is 0.508.